The number of rotatable bonds is 1. The van der Waals surface area contributed by atoms with Crippen molar-refractivity contribution >= 4 is 21.7 Å². The smallest absolute Gasteiger partial charge is 0.141 e. The molecule has 0 aliphatic rings. The van der Waals surface area contributed by atoms with Crippen molar-refractivity contribution in [2.45, 2.75) is 6.92 Å². The van der Waals surface area contributed by atoms with Crippen LogP contribution in [0, 0.1) is 6.92 Å². The molecule has 0 fully saturated rings. The molecule has 0 radical (unpaired) electrons. The Morgan fingerprint density at radius 1 is 0.727 bits per heavy atom. The number of phenolic OH excluding ortho intramolecular Hbond substituents is 1. The predicted molar refractivity (Wildman–Crippen MR) is 91.1 cm³/mol. The van der Waals surface area contributed by atoms with Gasteiger partial charge in [0, 0.05) is 11.1 Å². The highest BCUT2D eigenvalue weighted by Crippen LogP contribution is 2.36. The Hall–Kier alpha value is -2.87. The monoisotopic (exact) mass is 285 g/mol. The van der Waals surface area contributed by atoms with Crippen molar-refractivity contribution in [1.29, 1.82) is 0 Å². The first kappa shape index (κ1) is 12.8. The molecule has 22 heavy (non-hydrogen) atoms. The molecule has 0 aliphatic carbocycles. The third-order valence-electron chi connectivity index (χ3n) is 4.05. The van der Waals surface area contributed by atoms with Crippen molar-refractivity contribution in [3.8, 4) is 16.9 Å². The molecule has 0 saturated carbocycles. The summed E-state index contributed by atoms with van der Waals surface area (Å²) < 4.78 is 0. The molecule has 0 amide bonds. The van der Waals surface area contributed by atoms with Crippen LogP contribution in [0.2, 0.25) is 0 Å². The molecule has 0 atom stereocenters. The average molecular weight is 285 g/mol. The maximum absolute atomic E-state index is 10.1. The van der Waals surface area contributed by atoms with Crippen LogP contribution in [0.25, 0.3) is 32.8 Å². The number of aromatic nitrogens is 1. The second-order valence-electron chi connectivity index (χ2n) is 5.51. The topological polar surface area (TPSA) is 33.1 Å². The van der Waals surface area contributed by atoms with Crippen molar-refractivity contribution in [3.63, 3.8) is 0 Å². The number of nitrogens with zero attached hydrogens (tertiary/aromatic N) is 1. The molecule has 0 unspecified atom stereocenters. The van der Waals surface area contributed by atoms with Crippen molar-refractivity contribution < 1.29 is 5.11 Å². The van der Waals surface area contributed by atoms with Gasteiger partial charge in [0.15, 0.2) is 0 Å². The highest BCUT2D eigenvalue weighted by atomic mass is 16.3. The van der Waals surface area contributed by atoms with Crippen LogP contribution < -0.4 is 0 Å². The molecule has 2 nitrogen and oxygen atoms in total. The lowest BCUT2D eigenvalue weighted by atomic mass is 9.95. The molecule has 2 heteroatoms. The molecule has 106 valence electrons. The fourth-order valence-corrected chi connectivity index (χ4v) is 3.00. The minimum absolute atomic E-state index is 0.225. The van der Waals surface area contributed by atoms with Gasteiger partial charge in [0.25, 0.3) is 0 Å². The van der Waals surface area contributed by atoms with Crippen LogP contribution >= 0.6 is 0 Å². The van der Waals surface area contributed by atoms with E-state index >= 15 is 0 Å². The lowest BCUT2D eigenvalue weighted by molar-refractivity contribution is 0.480. The van der Waals surface area contributed by atoms with E-state index in [1.54, 1.807) is 6.07 Å². The number of hydrogen-bond acceptors (Lipinski definition) is 2. The van der Waals surface area contributed by atoms with E-state index in [4.69, 9.17) is 0 Å². The van der Waals surface area contributed by atoms with Gasteiger partial charge in [-0.2, -0.15) is 0 Å². The van der Waals surface area contributed by atoms with Crippen molar-refractivity contribution in [2.75, 3.05) is 0 Å². The lowest BCUT2D eigenvalue weighted by Gasteiger charge is -2.11. The molecule has 0 bridgehead atoms. The summed E-state index contributed by atoms with van der Waals surface area (Å²) >= 11 is 0. The van der Waals surface area contributed by atoms with Crippen molar-refractivity contribution in [1.82, 2.24) is 4.98 Å². The second kappa shape index (κ2) is 4.85. The van der Waals surface area contributed by atoms with E-state index in [0.717, 1.165) is 22.2 Å². The van der Waals surface area contributed by atoms with Crippen molar-refractivity contribution in [3.05, 3.63) is 72.4 Å². The molecule has 0 saturated heterocycles. The van der Waals surface area contributed by atoms with E-state index in [0.29, 0.717) is 5.52 Å². The summed E-state index contributed by atoms with van der Waals surface area (Å²) in [4.78, 5) is 4.49. The zero-order valence-corrected chi connectivity index (χ0v) is 12.2. The van der Waals surface area contributed by atoms with Gasteiger partial charge in [-0.05, 0) is 47.0 Å². The van der Waals surface area contributed by atoms with Crippen LogP contribution in [-0.2, 0) is 0 Å². The van der Waals surface area contributed by atoms with Crippen LogP contribution in [0.5, 0.6) is 5.75 Å². The van der Waals surface area contributed by atoms with Crippen LogP contribution in [0.3, 0.4) is 0 Å². The van der Waals surface area contributed by atoms with Gasteiger partial charge in [-0.3, -0.25) is 0 Å². The van der Waals surface area contributed by atoms with E-state index in [9.17, 15) is 5.11 Å². The zero-order chi connectivity index (χ0) is 15.1. The molecular weight excluding hydrogens is 270 g/mol. The Labute approximate surface area is 128 Å². The van der Waals surface area contributed by atoms with Crippen LogP contribution in [-0.4, -0.2) is 10.1 Å². The normalized spacial score (nSPS) is 11.1. The second-order valence-corrected chi connectivity index (χ2v) is 5.51. The van der Waals surface area contributed by atoms with E-state index < -0.39 is 0 Å². The Bertz CT molecular complexity index is 1000. The van der Waals surface area contributed by atoms with Gasteiger partial charge < -0.3 is 5.11 Å². The Morgan fingerprint density at radius 2 is 1.50 bits per heavy atom. The first-order chi connectivity index (χ1) is 10.7. The highest BCUT2D eigenvalue weighted by Gasteiger charge is 2.11. The molecular formula is C20H15NO. The third kappa shape index (κ3) is 1.92. The van der Waals surface area contributed by atoms with E-state index in [2.05, 4.69) is 41.4 Å². The fraction of sp³-hybridized carbons (Fsp3) is 0.0500. The minimum Gasteiger partial charge on any atom is -0.506 e. The molecule has 0 spiro atoms. The van der Waals surface area contributed by atoms with Gasteiger partial charge in [-0.25, -0.2) is 4.98 Å². The summed E-state index contributed by atoms with van der Waals surface area (Å²) in [5.74, 6) is 0.225. The Morgan fingerprint density at radius 3 is 2.41 bits per heavy atom. The average Bonchev–Trinajstić information content (AvgIpc) is 2.55. The molecule has 1 N–H and O–H groups in total. The maximum Gasteiger partial charge on any atom is 0.141 e. The van der Waals surface area contributed by atoms with Gasteiger partial charge >= 0.3 is 0 Å². The SMILES string of the molecule is Cc1ccc2c(-c3cccc4ccccc34)ccc(O)c2n1. The third-order valence-corrected chi connectivity index (χ3v) is 4.05. The van der Waals surface area contributed by atoms with E-state index in [1.165, 1.54) is 10.8 Å². The van der Waals surface area contributed by atoms with Crippen LogP contribution in [0.1, 0.15) is 5.69 Å². The number of aryl methyl sites for hydroxylation is 1. The summed E-state index contributed by atoms with van der Waals surface area (Å²) in [7, 11) is 0. The molecule has 1 aromatic heterocycles. The fourth-order valence-electron chi connectivity index (χ4n) is 3.00. The number of benzene rings is 3. The van der Waals surface area contributed by atoms with Gasteiger partial charge in [0.2, 0.25) is 0 Å². The van der Waals surface area contributed by atoms with Gasteiger partial charge in [-0.1, -0.05) is 48.5 Å². The van der Waals surface area contributed by atoms with Gasteiger partial charge in [0.1, 0.15) is 11.3 Å². The summed E-state index contributed by atoms with van der Waals surface area (Å²) in [6.45, 7) is 1.93. The van der Waals surface area contributed by atoms with Gasteiger partial charge in [-0.15, -0.1) is 0 Å². The quantitative estimate of drug-likeness (QED) is 0.529. The standard InChI is InChI=1S/C20H15NO/c1-13-9-10-18-17(11-12-19(22)20(18)21-13)16-8-4-6-14-5-2-3-7-15(14)16/h2-12,22H,1H3. The minimum atomic E-state index is 0.225. The first-order valence-corrected chi connectivity index (χ1v) is 7.31. The first-order valence-electron chi connectivity index (χ1n) is 7.31. The number of phenols is 1. The molecule has 4 rings (SSSR count). The summed E-state index contributed by atoms with van der Waals surface area (Å²) in [5.41, 5.74) is 3.81. The highest BCUT2D eigenvalue weighted by molar-refractivity contribution is 6.05. The largest absolute Gasteiger partial charge is 0.506 e. The zero-order valence-electron chi connectivity index (χ0n) is 12.2. The summed E-state index contributed by atoms with van der Waals surface area (Å²) in [5, 5.41) is 13.5. The lowest BCUT2D eigenvalue weighted by Crippen LogP contribution is -1.88. The maximum atomic E-state index is 10.1. The summed E-state index contributed by atoms with van der Waals surface area (Å²) in [6.07, 6.45) is 0. The molecule has 0 aliphatic heterocycles. The van der Waals surface area contributed by atoms with Gasteiger partial charge in [0.05, 0.1) is 0 Å². The molecule has 3 aromatic carbocycles. The predicted octanol–water partition coefficient (Wildman–Crippen LogP) is 5.07. The number of pyridine rings is 1. The summed E-state index contributed by atoms with van der Waals surface area (Å²) in [6, 6.07) is 22.4. The molecule has 1 heterocycles. The van der Waals surface area contributed by atoms with Crippen molar-refractivity contribution in [2.24, 2.45) is 0 Å². The van der Waals surface area contributed by atoms with E-state index in [-0.39, 0.29) is 5.75 Å². The number of hydrogen-bond donors (Lipinski definition) is 1. The van der Waals surface area contributed by atoms with Crippen LogP contribution in [0.15, 0.2) is 66.7 Å². The van der Waals surface area contributed by atoms with Crippen LogP contribution in [0.4, 0.5) is 0 Å². The Kier molecular flexibility index (Phi) is 2.83. The molecule has 4 aromatic rings. The van der Waals surface area contributed by atoms with E-state index in [1.807, 2.05) is 31.2 Å². The number of aromatic hydroxyl groups is 1. The Balaban J connectivity index is 2.11. The number of fused-ring (bicyclic) bond motifs is 2.